The average molecular weight is 313 g/mol. The minimum atomic E-state index is -0.321. The minimum Gasteiger partial charge on any atom is -0.485 e. The smallest absolute Gasteiger partial charge is 0.229 e. The highest BCUT2D eigenvalue weighted by Gasteiger charge is 2.29. The fourth-order valence-corrected chi connectivity index (χ4v) is 1.89. The highest BCUT2D eigenvalue weighted by molar-refractivity contribution is 9.10. The van der Waals surface area contributed by atoms with E-state index in [0.717, 1.165) is 12.8 Å². The molecule has 0 unspecified atom stereocenters. The SMILES string of the molecule is Fc1ccc(OCc2noc(C3CC3)n2)cc1Br. The number of benzene rings is 1. The Morgan fingerprint density at radius 2 is 2.28 bits per heavy atom. The summed E-state index contributed by atoms with van der Waals surface area (Å²) in [5, 5.41) is 3.84. The largest absolute Gasteiger partial charge is 0.485 e. The van der Waals surface area contributed by atoms with Gasteiger partial charge in [-0.25, -0.2) is 4.39 Å². The maximum Gasteiger partial charge on any atom is 0.229 e. The summed E-state index contributed by atoms with van der Waals surface area (Å²) in [7, 11) is 0. The molecule has 0 aliphatic heterocycles. The average Bonchev–Trinajstić information content (AvgIpc) is 3.11. The predicted octanol–water partition coefficient (Wildman–Crippen LogP) is 3.43. The van der Waals surface area contributed by atoms with Crippen LogP contribution in [-0.4, -0.2) is 10.1 Å². The number of rotatable bonds is 4. The van der Waals surface area contributed by atoms with E-state index in [1.807, 2.05) is 0 Å². The third-order valence-corrected chi connectivity index (χ3v) is 3.28. The van der Waals surface area contributed by atoms with E-state index in [1.165, 1.54) is 6.07 Å². The van der Waals surface area contributed by atoms with Crippen LogP contribution in [0.4, 0.5) is 4.39 Å². The Morgan fingerprint density at radius 1 is 1.44 bits per heavy atom. The molecule has 0 saturated heterocycles. The number of aromatic nitrogens is 2. The number of nitrogens with zero attached hydrogens (tertiary/aromatic N) is 2. The van der Waals surface area contributed by atoms with Gasteiger partial charge in [-0.1, -0.05) is 5.16 Å². The van der Waals surface area contributed by atoms with Crippen LogP contribution in [0.1, 0.15) is 30.5 Å². The van der Waals surface area contributed by atoms with Crippen LogP contribution in [0.5, 0.6) is 5.75 Å². The second kappa shape index (κ2) is 4.68. The van der Waals surface area contributed by atoms with Crippen molar-refractivity contribution in [2.45, 2.75) is 25.4 Å². The third-order valence-electron chi connectivity index (χ3n) is 2.67. The lowest BCUT2D eigenvalue weighted by atomic mass is 10.3. The van der Waals surface area contributed by atoms with Crippen LogP contribution in [0.3, 0.4) is 0 Å². The standard InChI is InChI=1S/C12H10BrFN2O2/c13-9-5-8(3-4-10(9)14)17-6-11-15-12(18-16-11)7-1-2-7/h3-5,7H,1-2,6H2. The number of ether oxygens (including phenoxy) is 1. The number of halogens is 2. The number of hydrogen-bond donors (Lipinski definition) is 0. The van der Waals surface area contributed by atoms with Gasteiger partial charge in [0.15, 0.2) is 6.61 Å². The molecule has 1 aliphatic rings. The fraction of sp³-hybridized carbons (Fsp3) is 0.333. The van der Waals surface area contributed by atoms with Gasteiger partial charge in [-0.05, 0) is 47.0 Å². The molecule has 1 aliphatic carbocycles. The molecule has 1 heterocycles. The van der Waals surface area contributed by atoms with Crippen molar-refractivity contribution in [2.24, 2.45) is 0 Å². The lowest BCUT2D eigenvalue weighted by Crippen LogP contribution is -1.98. The molecule has 2 aromatic rings. The van der Waals surface area contributed by atoms with E-state index in [1.54, 1.807) is 12.1 Å². The van der Waals surface area contributed by atoms with Gasteiger partial charge in [0.05, 0.1) is 4.47 Å². The van der Waals surface area contributed by atoms with Crippen LogP contribution in [0.15, 0.2) is 27.2 Å². The first-order valence-corrected chi connectivity index (χ1v) is 6.42. The molecule has 0 spiro atoms. The van der Waals surface area contributed by atoms with Crippen LogP contribution in [0.25, 0.3) is 0 Å². The summed E-state index contributed by atoms with van der Waals surface area (Å²) in [4.78, 5) is 4.24. The summed E-state index contributed by atoms with van der Waals surface area (Å²) >= 11 is 3.10. The van der Waals surface area contributed by atoms with E-state index in [2.05, 4.69) is 26.1 Å². The van der Waals surface area contributed by atoms with E-state index in [4.69, 9.17) is 9.26 Å². The first-order valence-electron chi connectivity index (χ1n) is 5.63. The van der Waals surface area contributed by atoms with Crippen molar-refractivity contribution in [3.63, 3.8) is 0 Å². The molecule has 1 fully saturated rings. The van der Waals surface area contributed by atoms with E-state index < -0.39 is 0 Å². The third kappa shape index (κ3) is 2.53. The van der Waals surface area contributed by atoms with Gasteiger partial charge >= 0.3 is 0 Å². The Labute approximate surface area is 111 Å². The molecule has 6 heteroatoms. The number of hydrogen-bond acceptors (Lipinski definition) is 4. The second-order valence-electron chi connectivity index (χ2n) is 4.19. The van der Waals surface area contributed by atoms with Crippen LogP contribution in [0.2, 0.25) is 0 Å². The topological polar surface area (TPSA) is 48.2 Å². The van der Waals surface area contributed by atoms with Crippen molar-refractivity contribution in [3.05, 3.63) is 40.2 Å². The van der Waals surface area contributed by atoms with Crippen molar-refractivity contribution in [1.82, 2.24) is 10.1 Å². The lowest BCUT2D eigenvalue weighted by molar-refractivity contribution is 0.284. The molecule has 0 N–H and O–H groups in total. The normalized spacial score (nSPS) is 14.8. The van der Waals surface area contributed by atoms with Crippen LogP contribution >= 0.6 is 15.9 Å². The van der Waals surface area contributed by atoms with E-state index >= 15 is 0 Å². The highest BCUT2D eigenvalue weighted by atomic mass is 79.9. The zero-order chi connectivity index (χ0) is 12.5. The minimum absolute atomic E-state index is 0.217. The molecule has 0 atom stereocenters. The van der Waals surface area contributed by atoms with Gasteiger partial charge in [0.25, 0.3) is 0 Å². The molecule has 1 aromatic carbocycles. The van der Waals surface area contributed by atoms with Crippen molar-refractivity contribution in [1.29, 1.82) is 0 Å². The fourth-order valence-electron chi connectivity index (χ4n) is 1.54. The Balaban J connectivity index is 1.63. The van der Waals surface area contributed by atoms with E-state index in [-0.39, 0.29) is 12.4 Å². The Kier molecular flexibility index (Phi) is 3.03. The molecule has 1 saturated carbocycles. The highest BCUT2D eigenvalue weighted by Crippen LogP contribution is 2.38. The first-order chi connectivity index (χ1) is 8.72. The predicted molar refractivity (Wildman–Crippen MR) is 64.7 cm³/mol. The zero-order valence-corrected chi connectivity index (χ0v) is 11.0. The van der Waals surface area contributed by atoms with Gasteiger partial charge in [-0.3, -0.25) is 0 Å². The molecule has 94 valence electrons. The lowest BCUT2D eigenvalue weighted by Gasteiger charge is -2.03. The summed E-state index contributed by atoms with van der Waals surface area (Å²) in [5.74, 6) is 1.87. The molecule has 18 heavy (non-hydrogen) atoms. The van der Waals surface area contributed by atoms with Crippen molar-refractivity contribution in [3.8, 4) is 5.75 Å². The Morgan fingerprint density at radius 3 is 3.00 bits per heavy atom. The molecular weight excluding hydrogens is 303 g/mol. The van der Waals surface area contributed by atoms with Crippen LogP contribution in [0, 0.1) is 5.82 Å². The molecule has 0 bridgehead atoms. The quantitative estimate of drug-likeness (QED) is 0.868. The summed E-state index contributed by atoms with van der Waals surface area (Å²) in [5.41, 5.74) is 0. The molecule has 4 nitrogen and oxygen atoms in total. The van der Waals surface area contributed by atoms with Gasteiger partial charge in [-0.2, -0.15) is 4.98 Å². The summed E-state index contributed by atoms with van der Waals surface area (Å²) in [6.45, 7) is 0.217. The van der Waals surface area contributed by atoms with Crippen LogP contribution < -0.4 is 4.74 Å². The summed E-state index contributed by atoms with van der Waals surface area (Å²) < 4.78 is 24.0. The second-order valence-corrected chi connectivity index (χ2v) is 5.04. The molecule has 3 rings (SSSR count). The van der Waals surface area contributed by atoms with E-state index in [9.17, 15) is 4.39 Å². The van der Waals surface area contributed by atoms with Gasteiger partial charge in [0, 0.05) is 5.92 Å². The van der Waals surface area contributed by atoms with Crippen molar-refractivity contribution in [2.75, 3.05) is 0 Å². The molecule has 1 aromatic heterocycles. The summed E-state index contributed by atoms with van der Waals surface area (Å²) in [6, 6.07) is 4.46. The zero-order valence-electron chi connectivity index (χ0n) is 9.40. The van der Waals surface area contributed by atoms with Gasteiger partial charge in [-0.15, -0.1) is 0 Å². The maximum atomic E-state index is 13.0. The first kappa shape index (κ1) is 11.6. The van der Waals surface area contributed by atoms with Crippen molar-refractivity contribution < 1.29 is 13.7 Å². The summed E-state index contributed by atoms with van der Waals surface area (Å²) in [6.07, 6.45) is 2.24. The van der Waals surface area contributed by atoms with Crippen molar-refractivity contribution >= 4 is 15.9 Å². The van der Waals surface area contributed by atoms with E-state index in [0.29, 0.717) is 27.9 Å². The van der Waals surface area contributed by atoms with Crippen LogP contribution in [-0.2, 0) is 6.61 Å². The van der Waals surface area contributed by atoms with Gasteiger partial charge in [0.1, 0.15) is 11.6 Å². The Bertz CT molecular complexity index is 569. The molecule has 0 amide bonds. The molecule has 0 radical (unpaired) electrons. The monoisotopic (exact) mass is 312 g/mol. The van der Waals surface area contributed by atoms with Gasteiger partial charge in [0.2, 0.25) is 11.7 Å². The molecular formula is C12H10BrFN2O2. The maximum absolute atomic E-state index is 13.0. The Hall–Kier alpha value is -1.43. The van der Waals surface area contributed by atoms with Gasteiger partial charge < -0.3 is 9.26 Å².